The Labute approximate surface area is 370 Å². The predicted molar refractivity (Wildman–Crippen MR) is 240 cm³/mol. The average Bonchev–Trinajstić information content (AvgIpc) is 3.25. The van der Waals surface area contributed by atoms with Crippen LogP contribution in [0.4, 0.5) is 0 Å². The van der Waals surface area contributed by atoms with Gasteiger partial charge in [0.25, 0.3) is 0 Å². The zero-order valence-electron chi connectivity index (χ0n) is 37.4. The van der Waals surface area contributed by atoms with Gasteiger partial charge in [-0.15, -0.1) is 0 Å². The highest BCUT2D eigenvalue weighted by molar-refractivity contribution is 7.47. The monoisotopic (exact) mass is 899 g/mol. The zero-order chi connectivity index (χ0) is 45.9. The van der Waals surface area contributed by atoms with Crippen LogP contribution in [-0.4, -0.2) is 104 Å². The third kappa shape index (κ3) is 28.8. The van der Waals surface area contributed by atoms with Crippen molar-refractivity contribution in [2.75, 3.05) is 13.2 Å². The van der Waals surface area contributed by atoms with Gasteiger partial charge < -0.3 is 39.9 Å². The Morgan fingerprint density at radius 1 is 0.548 bits per heavy atom. The molecule has 0 bridgehead atoms. The fraction of sp³-hybridized carbons (Fsp3) is 0.723. The van der Waals surface area contributed by atoms with Crippen LogP contribution in [0, 0.1) is 0 Å². The van der Waals surface area contributed by atoms with E-state index in [4.69, 9.17) is 18.5 Å². The van der Waals surface area contributed by atoms with Crippen LogP contribution in [0.2, 0.25) is 0 Å². The number of hydrogen-bond donors (Lipinski definition) is 6. The Morgan fingerprint density at radius 3 is 1.66 bits per heavy atom. The second-order valence-corrected chi connectivity index (χ2v) is 17.3. The molecule has 14 nitrogen and oxygen atoms in total. The minimum atomic E-state index is -5.15. The van der Waals surface area contributed by atoms with E-state index in [1.807, 2.05) is 24.3 Å². The van der Waals surface area contributed by atoms with Gasteiger partial charge in [-0.1, -0.05) is 133 Å². The predicted octanol–water partition coefficient (Wildman–Crippen LogP) is 8.12. The molecule has 0 aromatic heterocycles. The maximum atomic E-state index is 12.8. The van der Waals surface area contributed by atoms with Crippen LogP contribution in [0.25, 0.3) is 0 Å². The Morgan fingerprint density at radius 2 is 1.03 bits per heavy atom. The normalized spacial score (nSPS) is 22.3. The number of aliphatic hydroxyl groups excluding tert-OH is 5. The average molecular weight is 899 g/mol. The summed E-state index contributed by atoms with van der Waals surface area (Å²) in [6.45, 7) is 3.06. The van der Waals surface area contributed by atoms with Crippen molar-refractivity contribution in [1.29, 1.82) is 0 Å². The topological polar surface area (TPSA) is 227 Å². The number of rotatable bonds is 37. The van der Waals surface area contributed by atoms with Crippen LogP contribution in [0.5, 0.6) is 0 Å². The van der Waals surface area contributed by atoms with Gasteiger partial charge in [0.2, 0.25) is 0 Å². The summed E-state index contributed by atoms with van der Waals surface area (Å²) in [5.74, 6) is -1.09. The summed E-state index contributed by atoms with van der Waals surface area (Å²) >= 11 is 0. The number of aliphatic hydroxyl groups is 5. The number of ketones is 1. The summed E-state index contributed by atoms with van der Waals surface area (Å²) in [5.41, 5.74) is 0. The van der Waals surface area contributed by atoms with Gasteiger partial charge in [0.1, 0.15) is 43.2 Å². The molecule has 1 saturated carbocycles. The van der Waals surface area contributed by atoms with E-state index < -0.39 is 75.7 Å². The molecule has 62 heavy (non-hydrogen) atoms. The fourth-order valence-electron chi connectivity index (χ4n) is 6.52. The first-order valence-electron chi connectivity index (χ1n) is 23.0. The summed E-state index contributed by atoms with van der Waals surface area (Å²) < 4.78 is 33.4. The number of carbonyl (C=O) groups excluding carboxylic acids is 3. The van der Waals surface area contributed by atoms with E-state index >= 15 is 0 Å². The Kier molecular flexibility index (Phi) is 33.7. The highest BCUT2D eigenvalue weighted by Gasteiger charge is 2.51. The molecule has 0 aliphatic heterocycles. The van der Waals surface area contributed by atoms with Crippen LogP contribution in [0.3, 0.4) is 0 Å². The molecule has 0 spiro atoms. The Balaban J connectivity index is 2.53. The lowest BCUT2D eigenvalue weighted by Crippen LogP contribution is -2.64. The molecule has 1 rings (SSSR count). The second kappa shape index (κ2) is 36.5. The number of carbonyl (C=O) groups is 3. The van der Waals surface area contributed by atoms with Crippen molar-refractivity contribution in [1.82, 2.24) is 0 Å². The maximum Gasteiger partial charge on any atom is 0.472 e. The highest BCUT2D eigenvalue weighted by Crippen LogP contribution is 2.47. The van der Waals surface area contributed by atoms with Crippen LogP contribution >= 0.6 is 7.82 Å². The van der Waals surface area contributed by atoms with Gasteiger partial charge in [0, 0.05) is 19.3 Å². The standard InChI is InChI=1S/C47H79O14P/c1-3-5-7-8-9-10-11-12-13-14-15-16-17-20-23-26-30-34-40(49)58-36-39(37-59-62(56,57)61-47-45(54)43(52)42(51)44(53)46(47)55)60-41(50)35-31-27-24-21-18-19-22-25-29-33-38(48)32-28-6-4-2/h12-13,15-16,20,22-23,25,29,33,39,42-47,51-55H,3-11,14,17-19,21,24,26-28,30-32,34-37H2,1-2H3,(H,56,57)/b13-12-,16-15-,23-20-,25-22-,33-29+/t39-,42?,43-,44+,45-,46-,47?/m1/s1. The summed E-state index contributed by atoms with van der Waals surface area (Å²) in [4.78, 5) is 47.4. The molecule has 1 aliphatic carbocycles. The second-order valence-electron chi connectivity index (χ2n) is 15.9. The third-order valence-corrected chi connectivity index (χ3v) is 11.3. The largest absolute Gasteiger partial charge is 0.472 e. The lowest BCUT2D eigenvalue weighted by molar-refractivity contribution is -0.220. The summed E-state index contributed by atoms with van der Waals surface area (Å²) in [6.07, 6.45) is 26.9. The molecule has 1 fully saturated rings. The number of unbranched alkanes of at least 4 members (excludes halogenated alkanes) is 14. The van der Waals surface area contributed by atoms with Crippen LogP contribution < -0.4 is 0 Å². The fourth-order valence-corrected chi connectivity index (χ4v) is 7.49. The van der Waals surface area contributed by atoms with Gasteiger partial charge in [-0.3, -0.25) is 23.4 Å². The van der Waals surface area contributed by atoms with Gasteiger partial charge >= 0.3 is 19.8 Å². The SMILES string of the molecule is CCCCCCCC/C=C\C/C=C\C/C=C\CCCC(=O)OC[C@H](COP(=O)(O)OC1[C@H](O)[C@H](O)C(O)[C@H](O)[C@H]1O)OC(=O)CCCCCCC/C=C\C=C\C(=O)CCCCC. The molecule has 0 amide bonds. The van der Waals surface area contributed by atoms with E-state index in [-0.39, 0.29) is 18.6 Å². The number of allylic oxidation sites excluding steroid dienone is 10. The van der Waals surface area contributed by atoms with E-state index in [1.165, 1.54) is 38.5 Å². The molecule has 3 unspecified atom stereocenters. The quantitative estimate of drug-likeness (QED) is 0.00865. The van der Waals surface area contributed by atoms with E-state index in [2.05, 4.69) is 38.2 Å². The number of ether oxygens (including phenoxy) is 2. The summed E-state index contributed by atoms with van der Waals surface area (Å²) in [5, 5.41) is 50.1. The van der Waals surface area contributed by atoms with Gasteiger partial charge in [-0.05, 0) is 70.3 Å². The van der Waals surface area contributed by atoms with Crippen molar-refractivity contribution in [2.45, 2.75) is 204 Å². The molecular weight excluding hydrogens is 819 g/mol. The molecule has 1 aliphatic rings. The number of phosphoric acid groups is 1. The first kappa shape index (κ1) is 57.2. The van der Waals surface area contributed by atoms with Gasteiger partial charge in [-0.25, -0.2) is 4.57 Å². The zero-order valence-corrected chi connectivity index (χ0v) is 38.3. The molecular formula is C47H79O14P. The minimum absolute atomic E-state index is 0.0325. The van der Waals surface area contributed by atoms with Gasteiger partial charge in [-0.2, -0.15) is 0 Å². The highest BCUT2D eigenvalue weighted by atomic mass is 31.2. The molecule has 0 aromatic rings. The maximum absolute atomic E-state index is 12.8. The van der Waals surface area contributed by atoms with Crippen LogP contribution in [-0.2, 0) is 37.5 Å². The van der Waals surface area contributed by atoms with Crippen molar-refractivity contribution in [2.24, 2.45) is 0 Å². The molecule has 356 valence electrons. The summed E-state index contributed by atoms with van der Waals surface area (Å²) in [7, 11) is -5.15. The molecule has 6 N–H and O–H groups in total. The van der Waals surface area contributed by atoms with E-state index in [0.717, 1.165) is 70.6 Å². The van der Waals surface area contributed by atoms with Crippen molar-refractivity contribution in [3.05, 3.63) is 60.8 Å². The third-order valence-electron chi connectivity index (χ3n) is 10.3. The smallest absolute Gasteiger partial charge is 0.462 e. The van der Waals surface area contributed by atoms with Crippen molar-refractivity contribution < 1.29 is 67.9 Å². The Bertz CT molecular complexity index is 1380. The van der Waals surface area contributed by atoms with Crippen molar-refractivity contribution in [3.8, 4) is 0 Å². The molecule has 0 heterocycles. The summed E-state index contributed by atoms with van der Waals surface area (Å²) in [6, 6.07) is 0. The van der Waals surface area contributed by atoms with E-state index in [1.54, 1.807) is 12.2 Å². The van der Waals surface area contributed by atoms with Crippen LogP contribution in [0.15, 0.2) is 60.8 Å². The molecule has 8 atom stereocenters. The lowest BCUT2D eigenvalue weighted by atomic mass is 9.85. The molecule has 0 saturated heterocycles. The number of esters is 2. The number of phosphoric ester groups is 1. The molecule has 0 radical (unpaired) electrons. The van der Waals surface area contributed by atoms with E-state index in [0.29, 0.717) is 25.7 Å². The first-order chi connectivity index (χ1) is 29.8. The molecule has 0 aromatic carbocycles. The van der Waals surface area contributed by atoms with Gasteiger partial charge in [0.15, 0.2) is 11.9 Å². The van der Waals surface area contributed by atoms with Crippen molar-refractivity contribution in [3.63, 3.8) is 0 Å². The first-order valence-corrected chi connectivity index (χ1v) is 24.5. The van der Waals surface area contributed by atoms with E-state index in [9.17, 15) is 49.4 Å². The van der Waals surface area contributed by atoms with Crippen LogP contribution in [0.1, 0.15) is 162 Å². The molecule has 15 heteroatoms. The Hall–Kier alpha value is -2.78. The minimum Gasteiger partial charge on any atom is -0.462 e. The van der Waals surface area contributed by atoms with Crippen molar-refractivity contribution >= 4 is 25.5 Å². The van der Waals surface area contributed by atoms with Gasteiger partial charge in [0.05, 0.1) is 6.61 Å². The lowest BCUT2D eigenvalue weighted by Gasteiger charge is -2.41. The number of hydrogen-bond acceptors (Lipinski definition) is 13.